The maximum Gasteiger partial charge on any atom is 0.336 e. The molecule has 0 aliphatic rings. The molecule has 0 bridgehead atoms. The van der Waals surface area contributed by atoms with Gasteiger partial charge in [0, 0.05) is 23.2 Å². The molecule has 3 aromatic rings. The van der Waals surface area contributed by atoms with Gasteiger partial charge in [-0.1, -0.05) is 32.0 Å². The molecule has 1 aromatic heterocycles. The van der Waals surface area contributed by atoms with Crippen LogP contribution in [0.3, 0.4) is 0 Å². The van der Waals surface area contributed by atoms with Crippen molar-refractivity contribution in [1.29, 1.82) is 0 Å². The summed E-state index contributed by atoms with van der Waals surface area (Å²) in [6, 6.07) is 16.0. The average molecular weight is 365 g/mol. The molecule has 2 aromatic carbocycles. The van der Waals surface area contributed by atoms with E-state index in [1.54, 1.807) is 31.2 Å². The Morgan fingerprint density at radius 3 is 2.63 bits per heavy atom. The van der Waals surface area contributed by atoms with Crippen molar-refractivity contribution in [2.75, 3.05) is 5.32 Å². The lowest BCUT2D eigenvalue weighted by molar-refractivity contribution is -0.122. The number of fused-ring (bicyclic) bond motifs is 1. The third-order valence-electron chi connectivity index (χ3n) is 4.64. The van der Waals surface area contributed by atoms with Gasteiger partial charge in [-0.2, -0.15) is 0 Å². The van der Waals surface area contributed by atoms with Crippen molar-refractivity contribution in [1.82, 2.24) is 0 Å². The Hall–Kier alpha value is -3.08. The highest BCUT2D eigenvalue weighted by molar-refractivity contribution is 5.95. The smallest absolute Gasteiger partial charge is 0.336 e. The van der Waals surface area contributed by atoms with Gasteiger partial charge < -0.3 is 14.5 Å². The van der Waals surface area contributed by atoms with Crippen molar-refractivity contribution in [2.24, 2.45) is 0 Å². The van der Waals surface area contributed by atoms with Gasteiger partial charge in [0.05, 0.1) is 0 Å². The monoisotopic (exact) mass is 365 g/mol. The van der Waals surface area contributed by atoms with Crippen molar-refractivity contribution < 1.29 is 13.9 Å². The molecule has 0 fully saturated rings. The number of ether oxygens (including phenoxy) is 1. The Labute approximate surface area is 158 Å². The molecule has 1 N–H and O–H groups in total. The van der Waals surface area contributed by atoms with Gasteiger partial charge in [0.2, 0.25) is 0 Å². The van der Waals surface area contributed by atoms with Gasteiger partial charge >= 0.3 is 5.63 Å². The van der Waals surface area contributed by atoms with Gasteiger partial charge in [0.15, 0.2) is 6.10 Å². The Balaban J connectivity index is 1.74. The van der Waals surface area contributed by atoms with Crippen LogP contribution < -0.4 is 15.7 Å². The predicted octanol–water partition coefficient (Wildman–Crippen LogP) is 4.71. The zero-order chi connectivity index (χ0) is 19.4. The van der Waals surface area contributed by atoms with Gasteiger partial charge in [-0.15, -0.1) is 0 Å². The summed E-state index contributed by atoms with van der Waals surface area (Å²) in [7, 11) is 0. The summed E-state index contributed by atoms with van der Waals surface area (Å²) in [4.78, 5) is 24.0. The molecule has 1 amide bonds. The van der Waals surface area contributed by atoms with Crippen molar-refractivity contribution in [3.63, 3.8) is 0 Å². The first-order chi connectivity index (χ1) is 13.0. The van der Waals surface area contributed by atoms with Crippen molar-refractivity contribution in [2.45, 2.75) is 39.2 Å². The van der Waals surface area contributed by atoms with Crippen LogP contribution in [0.1, 0.15) is 38.7 Å². The minimum atomic E-state index is -0.706. The van der Waals surface area contributed by atoms with Gasteiger partial charge in [0.1, 0.15) is 11.3 Å². The molecule has 5 nitrogen and oxygen atoms in total. The molecule has 27 heavy (non-hydrogen) atoms. The molecule has 0 saturated carbocycles. The Morgan fingerprint density at radius 2 is 1.85 bits per heavy atom. The molecular formula is C22H23NO4. The van der Waals surface area contributed by atoms with Crippen LogP contribution in [0.4, 0.5) is 5.69 Å². The van der Waals surface area contributed by atoms with Crippen molar-refractivity contribution in [3.05, 3.63) is 70.6 Å². The van der Waals surface area contributed by atoms with Crippen LogP contribution in [0.2, 0.25) is 0 Å². The van der Waals surface area contributed by atoms with Gasteiger partial charge in [-0.05, 0) is 49.1 Å². The zero-order valence-electron chi connectivity index (χ0n) is 15.7. The highest BCUT2D eigenvalue weighted by atomic mass is 16.5. The largest absolute Gasteiger partial charge is 0.481 e. The summed E-state index contributed by atoms with van der Waals surface area (Å²) in [6.07, 6.45) is 0.282. The number of amides is 1. The lowest BCUT2D eigenvalue weighted by atomic mass is 9.97. The predicted molar refractivity (Wildman–Crippen MR) is 106 cm³/mol. The van der Waals surface area contributed by atoms with Crippen LogP contribution in [0.5, 0.6) is 5.75 Å². The van der Waals surface area contributed by atoms with Crippen LogP contribution in [0, 0.1) is 0 Å². The molecular weight excluding hydrogens is 342 g/mol. The first kappa shape index (κ1) is 18.7. The topological polar surface area (TPSA) is 68.5 Å². The Morgan fingerprint density at radius 1 is 1.11 bits per heavy atom. The molecule has 0 aliphatic heterocycles. The number of benzene rings is 2. The fraction of sp³-hybridized carbons (Fsp3) is 0.273. The second-order valence-corrected chi connectivity index (χ2v) is 6.60. The van der Waals surface area contributed by atoms with E-state index in [4.69, 9.17) is 9.15 Å². The van der Waals surface area contributed by atoms with E-state index in [9.17, 15) is 9.59 Å². The van der Waals surface area contributed by atoms with Gasteiger partial charge in [-0.3, -0.25) is 4.79 Å². The van der Waals surface area contributed by atoms with E-state index in [0.29, 0.717) is 17.3 Å². The minimum absolute atomic E-state index is 0.236. The Kier molecular flexibility index (Phi) is 5.60. The number of hydrogen-bond donors (Lipinski definition) is 1. The Bertz CT molecular complexity index is 1010. The summed E-state index contributed by atoms with van der Waals surface area (Å²) in [6.45, 7) is 5.94. The first-order valence-electron chi connectivity index (χ1n) is 9.08. The van der Waals surface area contributed by atoms with E-state index < -0.39 is 11.7 Å². The highest BCUT2D eigenvalue weighted by Gasteiger charge is 2.18. The van der Waals surface area contributed by atoms with E-state index >= 15 is 0 Å². The van der Waals surface area contributed by atoms with Gasteiger partial charge in [-0.25, -0.2) is 4.79 Å². The second-order valence-electron chi connectivity index (χ2n) is 6.60. The fourth-order valence-electron chi connectivity index (χ4n) is 2.87. The van der Waals surface area contributed by atoms with Crippen LogP contribution in [0.25, 0.3) is 11.0 Å². The normalized spacial score (nSPS) is 13.1. The van der Waals surface area contributed by atoms with Crippen LogP contribution in [0.15, 0.2) is 63.8 Å². The molecule has 1 heterocycles. The summed E-state index contributed by atoms with van der Waals surface area (Å²) in [5, 5.41) is 3.75. The number of rotatable bonds is 6. The van der Waals surface area contributed by atoms with Crippen LogP contribution in [-0.4, -0.2) is 12.0 Å². The van der Waals surface area contributed by atoms with Crippen LogP contribution >= 0.6 is 0 Å². The lowest BCUT2D eigenvalue weighted by Gasteiger charge is -2.18. The summed E-state index contributed by atoms with van der Waals surface area (Å²) >= 11 is 0. The summed E-state index contributed by atoms with van der Waals surface area (Å²) < 4.78 is 10.9. The van der Waals surface area contributed by atoms with Crippen molar-refractivity contribution >= 4 is 22.6 Å². The summed E-state index contributed by atoms with van der Waals surface area (Å²) in [5.74, 6) is 0.580. The zero-order valence-corrected chi connectivity index (χ0v) is 15.7. The van der Waals surface area contributed by atoms with Gasteiger partial charge in [0.25, 0.3) is 5.91 Å². The van der Waals surface area contributed by atoms with E-state index in [1.165, 1.54) is 6.07 Å². The van der Waals surface area contributed by atoms with Crippen LogP contribution in [-0.2, 0) is 4.79 Å². The molecule has 0 unspecified atom stereocenters. The number of carbonyl (C=O) groups excluding carboxylic acids is 1. The maximum atomic E-state index is 12.6. The number of hydrogen-bond acceptors (Lipinski definition) is 4. The first-order valence-corrected chi connectivity index (χ1v) is 9.08. The summed E-state index contributed by atoms with van der Waals surface area (Å²) in [5.41, 5.74) is 1.91. The van der Waals surface area contributed by atoms with E-state index in [0.717, 1.165) is 23.1 Å². The third kappa shape index (κ3) is 4.37. The SMILES string of the molecule is CC[C@@H](C)c1ccccc1NC(=O)[C@@H](C)Oc1ccc2ccc(=O)oc2c1. The maximum absolute atomic E-state index is 12.6. The standard InChI is InChI=1S/C22H23NO4/c1-4-14(2)18-7-5-6-8-19(18)23-22(25)15(3)26-17-11-9-16-10-12-21(24)27-20(16)13-17/h5-15H,4H2,1-3H3,(H,23,25)/t14-,15-/m1/s1. The minimum Gasteiger partial charge on any atom is -0.481 e. The second kappa shape index (κ2) is 8.08. The quantitative estimate of drug-likeness (QED) is 0.642. The molecule has 0 aliphatic carbocycles. The third-order valence-corrected chi connectivity index (χ3v) is 4.64. The molecule has 2 atom stereocenters. The molecule has 3 rings (SSSR count). The average Bonchev–Trinajstić information content (AvgIpc) is 2.67. The number of para-hydroxylation sites is 1. The van der Waals surface area contributed by atoms with Crippen molar-refractivity contribution in [3.8, 4) is 5.75 Å². The van der Waals surface area contributed by atoms with E-state index in [1.807, 2.05) is 24.3 Å². The number of anilines is 1. The molecule has 140 valence electrons. The fourth-order valence-corrected chi connectivity index (χ4v) is 2.87. The van der Waals surface area contributed by atoms with E-state index in [2.05, 4.69) is 19.2 Å². The molecule has 0 spiro atoms. The molecule has 0 saturated heterocycles. The number of carbonyl (C=O) groups is 1. The molecule has 5 heteroatoms. The number of nitrogens with one attached hydrogen (secondary N) is 1. The highest BCUT2D eigenvalue weighted by Crippen LogP contribution is 2.27. The lowest BCUT2D eigenvalue weighted by Crippen LogP contribution is -2.30. The molecule has 0 radical (unpaired) electrons. The van der Waals surface area contributed by atoms with E-state index in [-0.39, 0.29) is 5.91 Å².